The molecule has 1 amide bonds. The number of carbonyl (C=O) groups excluding carboxylic acids is 1. The van der Waals surface area contributed by atoms with Crippen molar-refractivity contribution in [2.75, 3.05) is 57.9 Å². The Morgan fingerprint density at radius 3 is 2.84 bits per heavy atom. The molecule has 4 atom stereocenters. The molecule has 0 saturated carbocycles. The maximum absolute atomic E-state index is 17.0. The molecule has 14 heteroatoms. The zero-order valence-electron chi connectivity index (χ0n) is 27.4. The number of benzene rings is 2. The highest BCUT2D eigenvalue weighted by atomic mass is 19.1. The number of ether oxygens (including phenoxy) is 2. The van der Waals surface area contributed by atoms with Crippen molar-refractivity contribution in [1.82, 2.24) is 30.5 Å². The summed E-state index contributed by atoms with van der Waals surface area (Å²) in [5.41, 5.74) is -1.64. The number of hydrogen-bond donors (Lipinski definition) is 3. The third kappa shape index (κ3) is 5.53. The number of hydrogen-bond acceptors (Lipinski definition) is 10. The number of rotatable bonds is 1. The highest BCUT2D eigenvalue weighted by molar-refractivity contribution is 6.03. The van der Waals surface area contributed by atoms with Gasteiger partial charge in [-0.25, -0.2) is 13.2 Å². The monoisotopic (exact) mass is 687 g/mol. The molecule has 6 heterocycles. The second kappa shape index (κ2) is 12.3. The molecule has 2 spiro atoms. The van der Waals surface area contributed by atoms with Gasteiger partial charge in [-0.2, -0.15) is 9.97 Å². The molecule has 2 aromatic heterocycles. The zero-order valence-corrected chi connectivity index (χ0v) is 27.4. The molecule has 4 aromatic rings. The van der Waals surface area contributed by atoms with Gasteiger partial charge in [0.05, 0.1) is 35.2 Å². The van der Waals surface area contributed by atoms with Crippen molar-refractivity contribution in [1.29, 1.82) is 0 Å². The molecule has 0 unspecified atom stereocenters. The lowest BCUT2D eigenvalue weighted by Crippen LogP contribution is -2.62. The number of aromatic nitrogens is 3. The van der Waals surface area contributed by atoms with Gasteiger partial charge in [-0.1, -0.05) is 12.0 Å². The van der Waals surface area contributed by atoms with Gasteiger partial charge in [-0.3, -0.25) is 14.7 Å². The number of likely N-dealkylation sites (N-methyl/N-ethyl adjacent to an activating group) is 1. The molecule has 2 aromatic carbocycles. The highest BCUT2D eigenvalue weighted by Gasteiger charge is 2.47. The van der Waals surface area contributed by atoms with E-state index in [1.807, 2.05) is 4.90 Å². The second-order valence-electron chi connectivity index (χ2n) is 14.0. The van der Waals surface area contributed by atoms with Crippen LogP contribution in [0.1, 0.15) is 31.2 Å². The lowest BCUT2D eigenvalue weighted by molar-refractivity contribution is -0.123. The summed E-state index contributed by atoms with van der Waals surface area (Å²) >= 11 is 0. The number of nitrogens with one attached hydrogen (secondary N) is 2. The standard InChI is InChI=1S/C36H36F3N7O4/c1-3-24-27(38)5-4-20-10-23(47)11-25(29(20)24)31-30(39)32-26(13-40-31)33-43-34(42-32)50-19-36(12-21(37)14-45(36)2)16-41-28(48)7-9-49-18-35-8-6-22(44-35)15-46(33)17-35/h1,4-5,10-11,13,21-22,44,47H,6-9,12,14-19H2,2H3,(H,41,48)/t21-,22-,35+,36-/m1/s1. The van der Waals surface area contributed by atoms with E-state index in [4.69, 9.17) is 20.9 Å². The smallest absolute Gasteiger partial charge is 0.319 e. The van der Waals surface area contributed by atoms with E-state index in [1.165, 1.54) is 30.5 Å². The normalized spacial score (nSPS) is 27.4. The minimum atomic E-state index is -1.14. The van der Waals surface area contributed by atoms with E-state index in [2.05, 4.69) is 31.4 Å². The van der Waals surface area contributed by atoms with E-state index in [0.29, 0.717) is 36.3 Å². The summed E-state index contributed by atoms with van der Waals surface area (Å²) in [4.78, 5) is 30.5. The number of terminal acetylenes is 1. The first-order valence-corrected chi connectivity index (χ1v) is 16.7. The van der Waals surface area contributed by atoms with E-state index >= 15 is 4.39 Å². The highest BCUT2D eigenvalue weighted by Crippen LogP contribution is 2.41. The SMILES string of the molecule is C#Cc1c(F)ccc2cc(O)cc(-c3ncc4c5nc(nc4c3F)OC[C@]3(CNC(=O)CCOC[C@]46CC[C@H](CN5C4)N6)C[C@@H](F)CN3C)c12. The van der Waals surface area contributed by atoms with Crippen LogP contribution in [0.2, 0.25) is 0 Å². The maximum Gasteiger partial charge on any atom is 0.319 e. The summed E-state index contributed by atoms with van der Waals surface area (Å²) in [6.07, 6.45) is 8.01. The Balaban J connectivity index is 1.30. The van der Waals surface area contributed by atoms with Crippen LogP contribution in [0.3, 0.4) is 0 Å². The van der Waals surface area contributed by atoms with Crippen LogP contribution in [-0.2, 0) is 9.53 Å². The zero-order chi connectivity index (χ0) is 34.8. The molecular formula is C36H36F3N7O4. The average molecular weight is 688 g/mol. The number of halogens is 3. The van der Waals surface area contributed by atoms with Crippen molar-refractivity contribution in [3.05, 3.63) is 47.7 Å². The molecule has 0 radical (unpaired) electrons. The van der Waals surface area contributed by atoms with Crippen molar-refractivity contribution in [3.8, 4) is 35.4 Å². The molecule has 11 nitrogen and oxygen atoms in total. The number of anilines is 1. The number of aromatic hydroxyl groups is 1. The van der Waals surface area contributed by atoms with Gasteiger partial charge < -0.3 is 30.1 Å². The number of phenols is 1. The predicted octanol–water partition coefficient (Wildman–Crippen LogP) is 3.45. The first kappa shape index (κ1) is 32.5. The number of piperazine rings is 1. The van der Waals surface area contributed by atoms with Gasteiger partial charge in [0.2, 0.25) is 5.91 Å². The van der Waals surface area contributed by atoms with Crippen LogP contribution in [0.5, 0.6) is 11.8 Å². The van der Waals surface area contributed by atoms with Crippen LogP contribution < -0.4 is 20.3 Å². The molecule has 3 fully saturated rings. The Labute approximate surface area is 286 Å². The largest absolute Gasteiger partial charge is 0.508 e. The van der Waals surface area contributed by atoms with E-state index < -0.39 is 28.9 Å². The van der Waals surface area contributed by atoms with Crippen LogP contribution in [0, 0.1) is 24.0 Å². The van der Waals surface area contributed by atoms with E-state index in [9.17, 15) is 18.7 Å². The lowest BCUT2D eigenvalue weighted by Gasteiger charge is -2.42. The maximum atomic E-state index is 17.0. The van der Waals surface area contributed by atoms with Gasteiger partial charge in [0.1, 0.15) is 41.4 Å². The summed E-state index contributed by atoms with van der Waals surface area (Å²) in [5.74, 6) is 0.855. The number of amides is 1. The van der Waals surface area contributed by atoms with Gasteiger partial charge in [-0.15, -0.1) is 6.42 Å². The van der Waals surface area contributed by atoms with E-state index in [0.717, 1.165) is 12.8 Å². The molecule has 5 bridgehead atoms. The predicted molar refractivity (Wildman–Crippen MR) is 180 cm³/mol. The average Bonchev–Trinajstić information content (AvgIpc) is 3.56. The lowest BCUT2D eigenvalue weighted by atomic mass is 9.95. The Hall–Kier alpha value is -4.71. The third-order valence-corrected chi connectivity index (χ3v) is 10.6. The van der Waals surface area contributed by atoms with Crippen molar-refractivity contribution in [2.24, 2.45) is 0 Å². The number of alkyl halides is 1. The Morgan fingerprint density at radius 1 is 1.18 bits per heavy atom. The van der Waals surface area contributed by atoms with Gasteiger partial charge in [-0.05, 0) is 43.5 Å². The fourth-order valence-electron chi connectivity index (χ4n) is 8.11. The summed E-state index contributed by atoms with van der Waals surface area (Å²) in [7, 11) is 1.77. The Kier molecular flexibility index (Phi) is 7.97. The number of carbonyl (C=O) groups is 1. The molecule has 3 saturated heterocycles. The van der Waals surface area contributed by atoms with Crippen LogP contribution in [0.25, 0.3) is 32.9 Å². The van der Waals surface area contributed by atoms with Crippen molar-refractivity contribution >= 4 is 33.4 Å². The topological polar surface area (TPSA) is 125 Å². The van der Waals surface area contributed by atoms with Gasteiger partial charge >= 0.3 is 6.01 Å². The Bertz CT molecular complexity index is 2080. The summed E-state index contributed by atoms with van der Waals surface area (Å²) < 4.78 is 59.0. The second-order valence-corrected chi connectivity index (χ2v) is 14.0. The molecule has 4 aliphatic rings. The fraction of sp³-hybridized carbons (Fsp3) is 0.444. The number of pyridine rings is 1. The van der Waals surface area contributed by atoms with Crippen molar-refractivity contribution < 1.29 is 32.5 Å². The minimum Gasteiger partial charge on any atom is -0.508 e. The van der Waals surface area contributed by atoms with Gasteiger partial charge in [0, 0.05) is 62.2 Å². The Morgan fingerprint density at radius 2 is 2.04 bits per heavy atom. The summed E-state index contributed by atoms with van der Waals surface area (Å²) in [6.45, 7) is 1.80. The van der Waals surface area contributed by atoms with Crippen LogP contribution in [0.4, 0.5) is 19.0 Å². The van der Waals surface area contributed by atoms with Crippen LogP contribution >= 0.6 is 0 Å². The molecule has 4 aliphatic heterocycles. The first-order chi connectivity index (χ1) is 24.1. The van der Waals surface area contributed by atoms with E-state index in [1.54, 1.807) is 7.05 Å². The molecular weight excluding hydrogens is 651 g/mol. The van der Waals surface area contributed by atoms with Crippen LogP contribution in [0.15, 0.2) is 30.5 Å². The molecule has 8 rings (SSSR count). The van der Waals surface area contributed by atoms with Gasteiger partial charge in [0.25, 0.3) is 0 Å². The number of fused-ring (bicyclic) bond motifs is 8. The fourth-order valence-corrected chi connectivity index (χ4v) is 8.11. The minimum absolute atomic E-state index is 0.0820. The number of nitrogens with zero attached hydrogens (tertiary/aromatic N) is 5. The first-order valence-electron chi connectivity index (χ1n) is 16.7. The molecule has 260 valence electrons. The van der Waals surface area contributed by atoms with Crippen LogP contribution in [-0.4, -0.2) is 107 Å². The third-order valence-electron chi connectivity index (χ3n) is 10.6. The van der Waals surface area contributed by atoms with E-state index in [-0.39, 0.29) is 90.6 Å². The molecule has 3 N–H and O–H groups in total. The van der Waals surface area contributed by atoms with Gasteiger partial charge in [0.15, 0.2) is 5.82 Å². The number of likely N-dealkylation sites (tertiary alicyclic amines) is 1. The van der Waals surface area contributed by atoms with Crippen molar-refractivity contribution in [3.63, 3.8) is 0 Å². The van der Waals surface area contributed by atoms with Crippen molar-refractivity contribution in [2.45, 2.75) is 49.0 Å². The molecule has 50 heavy (non-hydrogen) atoms. The summed E-state index contributed by atoms with van der Waals surface area (Å²) in [5, 5.41) is 18.2. The summed E-state index contributed by atoms with van der Waals surface area (Å²) in [6, 6.07) is 5.33. The number of phenolic OH excluding ortho intramolecular Hbond substituents is 1. The molecule has 0 aliphatic carbocycles. The quantitative estimate of drug-likeness (QED) is 0.257.